The summed E-state index contributed by atoms with van der Waals surface area (Å²) < 4.78 is 2.89. The fourth-order valence-corrected chi connectivity index (χ4v) is 4.20. The first-order valence-electron chi connectivity index (χ1n) is 8.52. The van der Waals surface area contributed by atoms with Crippen molar-refractivity contribution in [3.8, 4) is 0 Å². The number of aromatic nitrogens is 1. The van der Waals surface area contributed by atoms with Crippen LogP contribution in [0, 0.1) is 5.92 Å². The van der Waals surface area contributed by atoms with Crippen LogP contribution in [0.25, 0.3) is 0 Å². The summed E-state index contributed by atoms with van der Waals surface area (Å²) in [7, 11) is 0. The normalized spacial score (nSPS) is 22.0. The third-order valence-electron chi connectivity index (χ3n) is 5.07. The Balaban J connectivity index is 1.50. The molecule has 2 atom stereocenters. The van der Waals surface area contributed by atoms with Crippen LogP contribution in [-0.2, 0) is 6.54 Å². The van der Waals surface area contributed by atoms with E-state index in [-0.39, 0.29) is 11.3 Å². The van der Waals surface area contributed by atoms with Crippen LogP contribution in [0.2, 0.25) is 0 Å². The standard InChI is InChI=1S/C20H19BrN2O2/c21-17-6-4-15(5-7-17)19(24)8-9-22-11-14-10-16(13-22)18-2-1-3-20(25)23(18)12-14/h1-9,14,16H,10-13H2/b9-8+/t14-,16+/m0/s1. The molecule has 4 nitrogen and oxygen atoms in total. The smallest absolute Gasteiger partial charge is 0.250 e. The highest BCUT2D eigenvalue weighted by Crippen LogP contribution is 2.34. The lowest BCUT2D eigenvalue weighted by atomic mass is 9.83. The number of piperidine rings is 1. The van der Waals surface area contributed by atoms with Crippen molar-refractivity contribution in [3.63, 3.8) is 0 Å². The predicted molar refractivity (Wildman–Crippen MR) is 101 cm³/mol. The molecule has 1 aromatic carbocycles. The molecule has 1 saturated heterocycles. The van der Waals surface area contributed by atoms with Crippen LogP contribution < -0.4 is 5.56 Å². The van der Waals surface area contributed by atoms with Crippen LogP contribution in [0.3, 0.4) is 0 Å². The number of rotatable bonds is 3. The fraction of sp³-hybridized carbons (Fsp3) is 0.300. The quantitative estimate of drug-likeness (QED) is 0.587. The lowest BCUT2D eigenvalue weighted by Crippen LogP contribution is -2.45. The first-order chi connectivity index (χ1) is 12.1. The molecule has 0 spiro atoms. The number of hydrogen-bond donors (Lipinski definition) is 0. The van der Waals surface area contributed by atoms with Gasteiger partial charge in [-0.3, -0.25) is 9.59 Å². The summed E-state index contributed by atoms with van der Waals surface area (Å²) in [4.78, 5) is 26.6. The monoisotopic (exact) mass is 398 g/mol. The van der Waals surface area contributed by atoms with E-state index >= 15 is 0 Å². The zero-order chi connectivity index (χ0) is 17.4. The molecule has 1 fully saturated rings. The third-order valence-corrected chi connectivity index (χ3v) is 5.60. The summed E-state index contributed by atoms with van der Waals surface area (Å²) in [6.07, 6.45) is 4.69. The number of carbonyl (C=O) groups is 1. The van der Waals surface area contributed by atoms with E-state index in [0.717, 1.165) is 36.2 Å². The van der Waals surface area contributed by atoms with E-state index in [4.69, 9.17) is 0 Å². The Morgan fingerprint density at radius 3 is 2.68 bits per heavy atom. The van der Waals surface area contributed by atoms with Crippen molar-refractivity contribution < 1.29 is 4.79 Å². The molecule has 25 heavy (non-hydrogen) atoms. The molecule has 0 saturated carbocycles. The first-order valence-corrected chi connectivity index (χ1v) is 9.31. The highest BCUT2D eigenvalue weighted by molar-refractivity contribution is 9.10. The van der Waals surface area contributed by atoms with Crippen molar-refractivity contribution >= 4 is 21.7 Å². The van der Waals surface area contributed by atoms with E-state index in [1.165, 1.54) is 0 Å². The SMILES string of the molecule is O=C(/C=C/N1C[C@@H]2C[C@H](C1)c1cccc(=O)n1C2)c1ccc(Br)cc1. The Morgan fingerprint density at radius 1 is 1.08 bits per heavy atom. The molecule has 128 valence electrons. The topological polar surface area (TPSA) is 42.3 Å². The summed E-state index contributed by atoms with van der Waals surface area (Å²) >= 11 is 3.38. The van der Waals surface area contributed by atoms with Gasteiger partial charge in [0.25, 0.3) is 5.56 Å². The Kier molecular flexibility index (Phi) is 4.34. The molecule has 2 bridgehead atoms. The fourth-order valence-electron chi connectivity index (χ4n) is 3.94. The van der Waals surface area contributed by atoms with Crippen LogP contribution in [0.1, 0.15) is 28.4 Å². The van der Waals surface area contributed by atoms with Gasteiger partial charge in [0.1, 0.15) is 0 Å². The summed E-state index contributed by atoms with van der Waals surface area (Å²) in [5.74, 6) is 0.826. The van der Waals surface area contributed by atoms with Gasteiger partial charge in [0.2, 0.25) is 0 Å². The second-order valence-electron chi connectivity index (χ2n) is 6.84. The average Bonchev–Trinajstić information content (AvgIpc) is 2.61. The number of nitrogens with zero attached hydrogens (tertiary/aromatic N) is 2. The second kappa shape index (κ2) is 6.64. The number of pyridine rings is 1. The van der Waals surface area contributed by atoms with E-state index < -0.39 is 0 Å². The zero-order valence-electron chi connectivity index (χ0n) is 13.8. The van der Waals surface area contributed by atoms with E-state index in [2.05, 4.69) is 26.9 Å². The predicted octanol–water partition coefficient (Wildman–Crippen LogP) is 3.43. The number of benzene rings is 1. The van der Waals surface area contributed by atoms with E-state index in [9.17, 15) is 9.59 Å². The van der Waals surface area contributed by atoms with Crippen molar-refractivity contribution in [1.82, 2.24) is 9.47 Å². The van der Waals surface area contributed by atoms with Crippen LogP contribution >= 0.6 is 15.9 Å². The maximum absolute atomic E-state index is 12.3. The highest BCUT2D eigenvalue weighted by atomic mass is 79.9. The van der Waals surface area contributed by atoms with Gasteiger partial charge in [-0.2, -0.15) is 0 Å². The third kappa shape index (κ3) is 3.33. The van der Waals surface area contributed by atoms with Gasteiger partial charge >= 0.3 is 0 Å². The van der Waals surface area contributed by atoms with Crippen molar-refractivity contribution in [2.45, 2.75) is 18.9 Å². The van der Waals surface area contributed by atoms with Gasteiger partial charge in [-0.05, 0) is 42.7 Å². The lowest BCUT2D eigenvalue weighted by Gasteiger charge is -2.42. The van der Waals surface area contributed by atoms with Crippen molar-refractivity contribution in [2.24, 2.45) is 5.92 Å². The number of allylic oxidation sites excluding steroid dienone is 1. The van der Waals surface area contributed by atoms with Crippen LogP contribution in [0.15, 0.2) is 64.0 Å². The number of halogens is 1. The second-order valence-corrected chi connectivity index (χ2v) is 7.75. The molecule has 1 aromatic heterocycles. The summed E-state index contributed by atoms with van der Waals surface area (Å²) in [5.41, 5.74) is 1.91. The minimum Gasteiger partial charge on any atom is -0.376 e. The molecular formula is C20H19BrN2O2. The van der Waals surface area contributed by atoms with Crippen molar-refractivity contribution in [2.75, 3.05) is 13.1 Å². The maximum atomic E-state index is 12.3. The lowest BCUT2D eigenvalue weighted by molar-refractivity contribution is 0.104. The molecule has 3 heterocycles. The molecule has 0 amide bonds. The van der Waals surface area contributed by atoms with Crippen molar-refractivity contribution in [1.29, 1.82) is 0 Å². The summed E-state index contributed by atoms with van der Waals surface area (Å²) in [5, 5.41) is 0. The van der Waals surface area contributed by atoms with Gasteiger partial charge in [0.15, 0.2) is 5.78 Å². The molecule has 0 aliphatic carbocycles. The zero-order valence-corrected chi connectivity index (χ0v) is 15.4. The minimum atomic E-state index is 0.0138. The number of fused-ring (bicyclic) bond motifs is 4. The Bertz CT molecular complexity index is 885. The van der Waals surface area contributed by atoms with E-state index in [1.54, 1.807) is 12.1 Å². The van der Waals surface area contributed by atoms with E-state index in [0.29, 0.717) is 17.4 Å². The molecule has 0 radical (unpaired) electrons. The van der Waals surface area contributed by atoms with Gasteiger partial charge in [0.05, 0.1) is 0 Å². The highest BCUT2D eigenvalue weighted by Gasteiger charge is 2.33. The van der Waals surface area contributed by atoms with E-state index in [1.807, 2.05) is 41.1 Å². The van der Waals surface area contributed by atoms with Gasteiger partial charge in [-0.25, -0.2) is 0 Å². The number of hydrogen-bond acceptors (Lipinski definition) is 3. The molecule has 0 unspecified atom stereocenters. The molecule has 0 N–H and O–H groups in total. The summed E-state index contributed by atoms with van der Waals surface area (Å²) in [6, 6.07) is 12.9. The number of likely N-dealkylation sites (tertiary alicyclic amines) is 1. The molecule has 2 aromatic rings. The van der Waals surface area contributed by atoms with Crippen molar-refractivity contribution in [3.05, 3.63) is 80.8 Å². The minimum absolute atomic E-state index is 0.0138. The Hall–Kier alpha value is -2.14. The first kappa shape index (κ1) is 16.3. The van der Waals surface area contributed by atoms with Crippen LogP contribution in [0.5, 0.6) is 0 Å². The average molecular weight is 399 g/mol. The Labute approximate surface area is 154 Å². The molecule has 2 aliphatic heterocycles. The Morgan fingerprint density at radius 2 is 1.88 bits per heavy atom. The van der Waals surface area contributed by atoms with Gasteiger partial charge in [-0.1, -0.05) is 22.0 Å². The molecule has 5 heteroatoms. The molecule has 4 rings (SSSR count). The van der Waals surface area contributed by atoms with Gasteiger partial charge in [0, 0.05) is 59.6 Å². The van der Waals surface area contributed by atoms with Crippen LogP contribution in [0.4, 0.5) is 0 Å². The largest absolute Gasteiger partial charge is 0.376 e. The number of ketones is 1. The van der Waals surface area contributed by atoms with Gasteiger partial charge in [-0.15, -0.1) is 0 Å². The molecular weight excluding hydrogens is 380 g/mol. The maximum Gasteiger partial charge on any atom is 0.250 e. The summed E-state index contributed by atoms with van der Waals surface area (Å²) in [6.45, 7) is 2.52. The number of carbonyl (C=O) groups excluding carboxylic acids is 1. The van der Waals surface area contributed by atoms with Gasteiger partial charge < -0.3 is 9.47 Å². The molecule has 2 aliphatic rings. The van der Waals surface area contributed by atoms with Crippen LogP contribution in [-0.4, -0.2) is 28.3 Å².